The Hall–Kier alpha value is -1.18. The fraction of sp³-hybridized carbons (Fsp3) is 0. The Morgan fingerprint density at radius 3 is 2.47 bits per heavy atom. The lowest BCUT2D eigenvalue weighted by molar-refractivity contribution is 0.600. The smallest absolute Gasteiger partial charge is 0.263 e. The normalized spacial score (nSPS) is 11.3. The molecule has 0 aliphatic heterocycles. The third-order valence-electron chi connectivity index (χ3n) is 2.18. The minimum absolute atomic E-state index is 0.0481. The number of nitrogens with zero attached hydrogens (tertiary/aromatic N) is 1. The van der Waals surface area contributed by atoms with Gasteiger partial charge in [0.25, 0.3) is 10.0 Å². The van der Waals surface area contributed by atoms with E-state index in [0.717, 1.165) is 18.3 Å². The summed E-state index contributed by atoms with van der Waals surface area (Å²) in [4.78, 5) is 3.69. The van der Waals surface area contributed by atoms with Crippen LogP contribution in [0.15, 0.2) is 45.9 Å². The van der Waals surface area contributed by atoms with Crippen LogP contribution in [-0.2, 0) is 10.0 Å². The minimum Gasteiger partial charge on any atom is -0.280 e. The SMILES string of the molecule is O=S(=O)(Nc1ccc(F)cc1)c1cnc(Cl)c(Br)c1. The van der Waals surface area contributed by atoms with Gasteiger partial charge in [0.15, 0.2) is 0 Å². The molecule has 0 spiro atoms. The van der Waals surface area contributed by atoms with E-state index < -0.39 is 15.8 Å². The van der Waals surface area contributed by atoms with Gasteiger partial charge in [-0.3, -0.25) is 4.72 Å². The zero-order valence-electron chi connectivity index (χ0n) is 9.27. The number of halogens is 3. The lowest BCUT2D eigenvalue weighted by atomic mass is 10.3. The Bertz CT molecular complexity index is 707. The number of hydrogen-bond donors (Lipinski definition) is 1. The van der Waals surface area contributed by atoms with Gasteiger partial charge in [0.05, 0.1) is 4.47 Å². The van der Waals surface area contributed by atoms with Gasteiger partial charge in [-0.15, -0.1) is 0 Å². The van der Waals surface area contributed by atoms with E-state index >= 15 is 0 Å². The number of benzene rings is 1. The molecule has 1 heterocycles. The van der Waals surface area contributed by atoms with Crippen molar-refractivity contribution in [3.63, 3.8) is 0 Å². The molecule has 1 N–H and O–H groups in total. The fourth-order valence-electron chi connectivity index (χ4n) is 1.28. The molecule has 2 rings (SSSR count). The van der Waals surface area contributed by atoms with Crippen LogP contribution >= 0.6 is 27.5 Å². The summed E-state index contributed by atoms with van der Waals surface area (Å²) in [7, 11) is -3.79. The molecule has 0 amide bonds. The number of pyridine rings is 1. The van der Waals surface area contributed by atoms with E-state index in [4.69, 9.17) is 11.6 Å². The van der Waals surface area contributed by atoms with Crippen LogP contribution in [0, 0.1) is 5.82 Å². The molecule has 1 aromatic heterocycles. The molecule has 0 radical (unpaired) electrons. The van der Waals surface area contributed by atoms with Gasteiger partial charge >= 0.3 is 0 Å². The highest BCUT2D eigenvalue weighted by Gasteiger charge is 2.16. The number of aromatic nitrogens is 1. The van der Waals surface area contributed by atoms with E-state index in [1.165, 1.54) is 18.2 Å². The molecule has 100 valence electrons. The van der Waals surface area contributed by atoms with Crippen LogP contribution in [0.2, 0.25) is 5.15 Å². The molecule has 4 nitrogen and oxygen atoms in total. The summed E-state index contributed by atoms with van der Waals surface area (Å²) in [6.45, 7) is 0. The molecule has 1 aromatic carbocycles. The van der Waals surface area contributed by atoms with E-state index in [-0.39, 0.29) is 15.7 Å². The molecule has 0 fully saturated rings. The van der Waals surface area contributed by atoms with Crippen molar-refractivity contribution in [2.75, 3.05) is 4.72 Å². The van der Waals surface area contributed by atoms with E-state index in [1.54, 1.807) is 0 Å². The summed E-state index contributed by atoms with van der Waals surface area (Å²) in [6, 6.07) is 6.31. The van der Waals surface area contributed by atoms with Gasteiger partial charge in [-0.2, -0.15) is 0 Å². The molecule has 8 heteroatoms. The van der Waals surface area contributed by atoms with Gasteiger partial charge < -0.3 is 0 Å². The molecule has 0 bridgehead atoms. The third-order valence-corrected chi connectivity index (χ3v) is 4.66. The van der Waals surface area contributed by atoms with Crippen molar-refractivity contribution in [3.8, 4) is 0 Å². The monoisotopic (exact) mass is 364 g/mol. The Kier molecular flexibility index (Phi) is 4.07. The van der Waals surface area contributed by atoms with Crippen LogP contribution < -0.4 is 4.72 Å². The standard InChI is InChI=1S/C11H7BrClFN2O2S/c12-10-5-9(6-15-11(10)13)19(17,18)16-8-3-1-7(14)2-4-8/h1-6,16H. The quantitative estimate of drug-likeness (QED) is 0.848. The topological polar surface area (TPSA) is 59.1 Å². The first kappa shape index (κ1) is 14.2. The molecule has 0 saturated carbocycles. The maximum Gasteiger partial charge on any atom is 0.263 e. The predicted octanol–water partition coefficient (Wildman–Crippen LogP) is 3.44. The highest BCUT2D eigenvalue weighted by molar-refractivity contribution is 9.10. The average molecular weight is 366 g/mol. The van der Waals surface area contributed by atoms with Gasteiger partial charge in [0, 0.05) is 11.9 Å². The van der Waals surface area contributed by atoms with Crippen LogP contribution in [0.5, 0.6) is 0 Å². The predicted molar refractivity (Wildman–Crippen MR) is 74.2 cm³/mol. The van der Waals surface area contributed by atoms with Gasteiger partial charge in [0.2, 0.25) is 0 Å². The van der Waals surface area contributed by atoms with Crippen molar-refractivity contribution in [1.82, 2.24) is 4.98 Å². The highest BCUT2D eigenvalue weighted by atomic mass is 79.9. The fourth-order valence-corrected chi connectivity index (χ4v) is 2.92. The second-order valence-electron chi connectivity index (χ2n) is 3.56. The number of rotatable bonds is 3. The zero-order valence-corrected chi connectivity index (χ0v) is 12.4. The summed E-state index contributed by atoms with van der Waals surface area (Å²) in [5.74, 6) is -0.446. The molecule has 2 aromatic rings. The maximum atomic E-state index is 12.7. The van der Waals surface area contributed by atoms with Crippen LogP contribution in [0.1, 0.15) is 0 Å². The third kappa shape index (κ3) is 3.43. The van der Waals surface area contributed by atoms with Crippen LogP contribution in [0.3, 0.4) is 0 Å². The molecule has 19 heavy (non-hydrogen) atoms. The van der Waals surface area contributed by atoms with E-state index in [2.05, 4.69) is 25.6 Å². The number of nitrogens with one attached hydrogen (secondary N) is 1. The molecule has 0 aliphatic carbocycles. The molecule has 0 unspecified atom stereocenters. The van der Waals surface area contributed by atoms with Gasteiger partial charge in [-0.1, -0.05) is 11.6 Å². The van der Waals surface area contributed by atoms with Gasteiger partial charge in [-0.25, -0.2) is 17.8 Å². The van der Waals surface area contributed by atoms with Crippen LogP contribution in [-0.4, -0.2) is 13.4 Å². The first-order valence-electron chi connectivity index (χ1n) is 4.98. The van der Waals surface area contributed by atoms with Crippen molar-refractivity contribution in [2.24, 2.45) is 0 Å². The minimum atomic E-state index is -3.79. The second kappa shape index (κ2) is 5.44. The summed E-state index contributed by atoms with van der Waals surface area (Å²) in [5.41, 5.74) is 0.257. The Morgan fingerprint density at radius 1 is 1.26 bits per heavy atom. The Balaban J connectivity index is 2.32. The zero-order chi connectivity index (χ0) is 14.0. The summed E-state index contributed by atoms with van der Waals surface area (Å²) in [5, 5.41) is 0.167. The molecule has 0 saturated heterocycles. The Morgan fingerprint density at radius 2 is 1.89 bits per heavy atom. The molecule has 0 atom stereocenters. The molecular weight excluding hydrogens is 359 g/mol. The molecule has 0 aliphatic rings. The lowest BCUT2D eigenvalue weighted by Gasteiger charge is -2.08. The maximum absolute atomic E-state index is 12.7. The Labute approximate surface area is 122 Å². The molecular formula is C11H7BrClFN2O2S. The summed E-state index contributed by atoms with van der Waals surface area (Å²) < 4.78 is 39.5. The number of sulfonamides is 1. The van der Waals surface area contributed by atoms with E-state index in [1.807, 2.05) is 0 Å². The van der Waals surface area contributed by atoms with Crippen molar-refractivity contribution >= 4 is 43.2 Å². The number of anilines is 1. The van der Waals surface area contributed by atoms with Gasteiger partial charge in [0.1, 0.15) is 15.9 Å². The first-order chi connectivity index (χ1) is 8.88. The van der Waals surface area contributed by atoms with Crippen molar-refractivity contribution < 1.29 is 12.8 Å². The van der Waals surface area contributed by atoms with E-state index in [0.29, 0.717) is 4.47 Å². The summed E-state index contributed by atoms with van der Waals surface area (Å²) >= 11 is 8.79. The van der Waals surface area contributed by atoms with Crippen LogP contribution in [0.4, 0.5) is 10.1 Å². The van der Waals surface area contributed by atoms with Crippen molar-refractivity contribution in [1.29, 1.82) is 0 Å². The van der Waals surface area contributed by atoms with Crippen molar-refractivity contribution in [2.45, 2.75) is 4.90 Å². The van der Waals surface area contributed by atoms with Crippen molar-refractivity contribution in [3.05, 3.63) is 52.0 Å². The first-order valence-corrected chi connectivity index (χ1v) is 7.63. The highest BCUT2D eigenvalue weighted by Crippen LogP contribution is 2.24. The lowest BCUT2D eigenvalue weighted by Crippen LogP contribution is -2.13. The van der Waals surface area contributed by atoms with Crippen LogP contribution in [0.25, 0.3) is 0 Å². The number of hydrogen-bond acceptors (Lipinski definition) is 3. The van der Waals surface area contributed by atoms with Gasteiger partial charge in [-0.05, 0) is 46.3 Å². The van der Waals surface area contributed by atoms with E-state index in [9.17, 15) is 12.8 Å². The second-order valence-corrected chi connectivity index (χ2v) is 6.45. The summed E-state index contributed by atoms with van der Waals surface area (Å²) in [6.07, 6.45) is 1.14. The average Bonchev–Trinajstić information content (AvgIpc) is 2.35. The largest absolute Gasteiger partial charge is 0.280 e.